The topological polar surface area (TPSA) is 66.5 Å². The van der Waals surface area contributed by atoms with E-state index in [0.717, 1.165) is 14.8 Å². The van der Waals surface area contributed by atoms with Gasteiger partial charge in [-0.2, -0.15) is 4.31 Å². The van der Waals surface area contributed by atoms with Crippen LogP contribution in [0, 0.1) is 0 Å². The smallest absolute Gasteiger partial charge is 0.243 e. The Kier molecular flexibility index (Phi) is 9.32. The van der Waals surface area contributed by atoms with Gasteiger partial charge in [-0.3, -0.25) is 4.79 Å². The van der Waals surface area contributed by atoms with Crippen LogP contribution in [0.25, 0.3) is 0 Å². The minimum absolute atomic E-state index is 0.0328. The molecule has 0 unspecified atom stereocenters. The zero-order valence-electron chi connectivity index (χ0n) is 18.5. The third-order valence-corrected chi connectivity index (χ3v) is 8.65. The summed E-state index contributed by atoms with van der Waals surface area (Å²) < 4.78 is 27.9. The first-order chi connectivity index (χ1) is 16.1. The number of benzene rings is 3. The molecule has 0 spiro atoms. The molecule has 3 aromatic carbocycles. The van der Waals surface area contributed by atoms with Crippen molar-refractivity contribution in [3.63, 3.8) is 0 Å². The van der Waals surface area contributed by atoms with Gasteiger partial charge >= 0.3 is 0 Å². The van der Waals surface area contributed by atoms with Crippen molar-refractivity contribution in [2.75, 3.05) is 12.8 Å². The number of carbonyl (C=O) groups excluding carboxylic acids is 1. The van der Waals surface area contributed by atoms with Gasteiger partial charge in [0.05, 0.1) is 27.5 Å². The van der Waals surface area contributed by atoms with Crippen molar-refractivity contribution in [2.45, 2.75) is 29.3 Å². The number of carbonyl (C=O) groups is 1. The molecule has 0 aliphatic heterocycles. The van der Waals surface area contributed by atoms with Gasteiger partial charge in [0.25, 0.3) is 0 Å². The highest BCUT2D eigenvalue weighted by Gasteiger charge is 2.27. The summed E-state index contributed by atoms with van der Waals surface area (Å²) in [5.74, 6) is -0.431. The standard InChI is InChI=1S/C24H23Cl3N2O3S2/c1-16(18-4-8-20(33-2)9-5-18)28-24(30)15-29(14-17-3-12-22(26)23(27)13-17)34(31,32)21-10-6-19(25)7-11-21/h3-13,16H,14-15H2,1-2H3,(H,28,30)/t16-/m1/s1. The second kappa shape index (κ2) is 11.8. The molecule has 0 radical (unpaired) electrons. The fourth-order valence-electron chi connectivity index (χ4n) is 3.25. The lowest BCUT2D eigenvalue weighted by atomic mass is 10.1. The zero-order valence-corrected chi connectivity index (χ0v) is 22.4. The number of nitrogens with zero attached hydrogens (tertiary/aromatic N) is 1. The molecule has 0 saturated carbocycles. The number of hydrogen-bond donors (Lipinski definition) is 1. The van der Waals surface area contributed by atoms with E-state index in [2.05, 4.69) is 5.32 Å². The van der Waals surface area contributed by atoms with Crippen LogP contribution in [-0.4, -0.2) is 31.4 Å². The lowest BCUT2D eigenvalue weighted by molar-refractivity contribution is -0.122. The molecule has 10 heteroatoms. The van der Waals surface area contributed by atoms with E-state index in [1.54, 1.807) is 30.0 Å². The number of nitrogens with one attached hydrogen (secondary N) is 1. The van der Waals surface area contributed by atoms with Crippen LogP contribution >= 0.6 is 46.6 Å². The van der Waals surface area contributed by atoms with E-state index < -0.39 is 15.9 Å². The maximum atomic E-state index is 13.4. The van der Waals surface area contributed by atoms with Crippen molar-refractivity contribution in [1.82, 2.24) is 9.62 Å². The SMILES string of the molecule is CSc1ccc([C@@H](C)NC(=O)CN(Cc2ccc(Cl)c(Cl)c2)S(=O)(=O)c2ccc(Cl)cc2)cc1. The Morgan fingerprint density at radius 1 is 0.971 bits per heavy atom. The molecular formula is C24H23Cl3N2O3S2. The molecule has 1 N–H and O–H groups in total. The van der Waals surface area contributed by atoms with Crippen molar-refractivity contribution in [3.05, 3.63) is 92.9 Å². The molecule has 0 saturated heterocycles. The summed E-state index contributed by atoms with van der Waals surface area (Å²) in [7, 11) is -4.01. The molecule has 1 amide bonds. The van der Waals surface area contributed by atoms with Gasteiger partial charge in [-0.05, 0) is 72.8 Å². The number of hydrogen-bond acceptors (Lipinski definition) is 4. The molecule has 0 aliphatic carbocycles. The third kappa shape index (κ3) is 6.90. The molecule has 0 fully saturated rings. The van der Waals surface area contributed by atoms with Gasteiger partial charge in [-0.15, -0.1) is 11.8 Å². The average Bonchev–Trinajstić information content (AvgIpc) is 2.81. The van der Waals surface area contributed by atoms with Crippen LogP contribution in [0.5, 0.6) is 0 Å². The van der Waals surface area contributed by atoms with E-state index in [-0.39, 0.29) is 24.0 Å². The van der Waals surface area contributed by atoms with Crippen LogP contribution in [0.3, 0.4) is 0 Å². The Balaban J connectivity index is 1.83. The van der Waals surface area contributed by atoms with Crippen LogP contribution in [0.2, 0.25) is 15.1 Å². The van der Waals surface area contributed by atoms with Gasteiger partial charge in [0, 0.05) is 16.5 Å². The Morgan fingerprint density at radius 3 is 2.21 bits per heavy atom. The highest BCUT2D eigenvalue weighted by Crippen LogP contribution is 2.26. The van der Waals surface area contributed by atoms with Crippen molar-refractivity contribution in [2.24, 2.45) is 0 Å². The van der Waals surface area contributed by atoms with Gasteiger partial charge in [0.1, 0.15) is 0 Å². The summed E-state index contributed by atoms with van der Waals surface area (Å²) in [4.78, 5) is 14.1. The largest absolute Gasteiger partial charge is 0.348 e. The molecule has 0 aliphatic rings. The molecule has 1 atom stereocenters. The van der Waals surface area contributed by atoms with Crippen LogP contribution in [0.1, 0.15) is 24.1 Å². The summed E-state index contributed by atoms with van der Waals surface area (Å²) in [5, 5.41) is 3.95. The lowest BCUT2D eigenvalue weighted by Crippen LogP contribution is -2.41. The average molecular weight is 558 g/mol. The number of sulfonamides is 1. The molecule has 180 valence electrons. The van der Waals surface area contributed by atoms with E-state index in [0.29, 0.717) is 20.6 Å². The minimum Gasteiger partial charge on any atom is -0.348 e. The molecule has 34 heavy (non-hydrogen) atoms. The Hall–Kier alpha value is -1.74. The summed E-state index contributed by atoms with van der Waals surface area (Å²) in [5.41, 5.74) is 1.52. The zero-order chi connectivity index (χ0) is 24.9. The Labute approximate surface area is 219 Å². The van der Waals surface area contributed by atoms with Gasteiger partial charge in [-0.25, -0.2) is 8.42 Å². The van der Waals surface area contributed by atoms with E-state index >= 15 is 0 Å². The molecule has 0 bridgehead atoms. The van der Waals surface area contributed by atoms with Crippen molar-refractivity contribution >= 4 is 62.5 Å². The maximum absolute atomic E-state index is 13.4. The van der Waals surface area contributed by atoms with Crippen LogP contribution < -0.4 is 5.32 Å². The number of thioether (sulfide) groups is 1. The highest BCUT2D eigenvalue weighted by atomic mass is 35.5. The second-order valence-electron chi connectivity index (χ2n) is 7.54. The highest BCUT2D eigenvalue weighted by molar-refractivity contribution is 7.98. The molecule has 5 nitrogen and oxygen atoms in total. The summed E-state index contributed by atoms with van der Waals surface area (Å²) in [6.07, 6.45) is 1.99. The fraction of sp³-hybridized carbons (Fsp3) is 0.208. The van der Waals surface area contributed by atoms with Gasteiger partial charge < -0.3 is 5.32 Å². The molecule has 3 aromatic rings. The summed E-state index contributed by atoms with van der Waals surface area (Å²) in [6, 6.07) is 18.2. The van der Waals surface area contributed by atoms with Crippen molar-refractivity contribution in [3.8, 4) is 0 Å². The Morgan fingerprint density at radius 2 is 1.62 bits per heavy atom. The normalized spacial score (nSPS) is 12.5. The number of rotatable bonds is 9. The first kappa shape index (κ1) is 26.9. The first-order valence-electron chi connectivity index (χ1n) is 10.2. The lowest BCUT2D eigenvalue weighted by Gasteiger charge is -2.23. The first-order valence-corrected chi connectivity index (χ1v) is 14.0. The fourth-order valence-corrected chi connectivity index (χ4v) is 5.49. The molecule has 0 heterocycles. The number of amides is 1. The van der Waals surface area contributed by atoms with Crippen molar-refractivity contribution in [1.29, 1.82) is 0 Å². The predicted molar refractivity (Wildman–Crippen MR) is 140 cm³/mol. The second-order valence-corrected chi connectivity index (χ2v) is 11.6. The van der Waals surface area contributed by atoms with E-state index in [1.807, 2.05) is 37.4 Å². The maximum Gasteiger partial charge on any atom is 0.243 e. The predicted octanol–water partition coefficient (Wildman–Crippen LogP) is 6.44. The molecule has 3 rings (SSSR count). The van der Waals surface area contributed by atoms with E-state index in [4.69, 9.17) is 34.8 Å². The molecule has 0 aromatic heterocycles. The van der Waals surface area contributed by atoms with E-state index in [9.17, 15) is 13.2 Å². The van der Waals surface area contributed by atoms with Crippen LogP contribution in [0.4, 0.5) is 0 Å². The quantitative estimate of drug-likeness (QED) is 0.308. The Bertz CT molecular complexity index is 1250. The van der Waals surface area contributed by atoms with Crippen LogP contribution in [0.15, 0.2) is 76.5 Å². The minimum atomic E-state index is -4.01. The van der Waals surface area contributed by atoms with Crippen LogP contribution in [-0.2, 0) is 21.4 Å². The third-order valence-electron chi connectivity index (χ3n) is 5.11. The monoisotopic (exact) mass is 556 g/mol. The summed E-state index contributed by atoms with van der Waals surface area (Å²) >= 11 is 19.7. The molecular weight excluding hydrogens is 535 g/mol. The number of halogens is 3. The van der Waals surface area contributed by atoms with Gasteiger partial charge in [0.15, 0.2) is 0 Å². The van der Waals surface area contributed by atoms with Crippen molar-refractivity contribution < 1.29 is 13.2 Å². The van der Waals surface area contributed by atoms with E-state index in [1.165, 1.54) is 24.3 Å². The van der Waals surface area contributed by atoms with Gasteiger partial charge in [-0.1, -0.05) is 53.0 Å². The van der Waals surface area contributed by atoms with Gasteiger partial charge in [0.2, 0.25) is 15.9 Å². The summed E-state index contributed by atoms with van der Waals surface area (Å²) in [6.45, 7) is 1.41.